The van der Waals surface area contributed by atoms with Gasteiger partial charge in [-0.2, -0.15) is 0 Å². The Balaban J connectivity index is 2.15. The highest BCUT2D eigenvalue weighted by Gasteiger charge is 2.18. The van der Waals surface area contributed by atoms with E-state index in [4.69, 9.17) is 0 Å². The van der Waals surface area contributed by atoms with Crippen molar-refractivity contribution < 1.29 is 0 Å². The minimum atomic E-state index is -0.499. The minimum absolute atomic E-state index is 0.499. The van der Waals surface area contributed by atoms with Gasteiger partial charge in [-0.3, -0.25) is 0 Å². The Labute approximate surface area is 138 Å². The lowest BCUT2D eigenvalue weighted by atomic mass is 10.3. The maximum Gasteiger partial charge on any atom is 0.0155 e. The number of thioether (sulfide) groups is 1. The van der Waals surface area contributed by atoms with Crippen molar-refractivity contribution in [3.05, 3.63) is 84.9 Å². The number of benzene rings is 3. The van der Waals surface area contributed by atoms with Crippen LogP contribution in [0.25, 0.3) is 0 Å². The Hall–Kier alpha value is -1.56. The van der Waals surface area contributed by atoms with E-state index in [0.29, 0.717) is 0 Å². The van der Waals surface area contributed by atoms with E-state index < -0.39 is 7.92 Å². The molecule has 0 aromatic heterocycles. The third-order valence-corrected chi connectivity index (χ3v) is 7.04. The quantitative estimate of drug-likeness (QED) is 0.490. The average molecular weight is 322 g/mol. The summed E-state index contributed by atoms with van der Waals surface area (Å²) in [5, 5.41) is 4.28. The molecule has 3 aromatic rings. The molecule has 110 valence electrons. The van der Waals surface area contributed by atoms with Crippen molar-refractivity contribution in [2.45, 2.75) is 11.8 Å². The highest BCUT2D eigenvalue weighted by molar-refractivity contribution is 8.00. The minimum Gasteiger partial charge on any atom is -0.126 e. The molecule has 0 atom stereocenters. The van der Waals surface area contributed by atoms with Crippen molar-refractivity contribution in [3.63, 3.8) is 0 Å². The predicted molar refractivity (Wildman–Crippen MR) is 102 cm³/mol. The largest absolute Gasteiger partial charge is 0.126 e. The highest BCUT2D eigenvalue weighted by atomic mass is 32.2. The molecule has 0 aliphatic carbocycles. The van der Waals surface area contributed by atoms with Crippen LogP contribution in [0.2, 0.25) is 0 Å². The second-order valence-corrected chi connectivity index (χ2v) is 8.40. The van der Waals surface area contributed by atoms with Crippen LogP contribution in [0.1, 0.15) is 6.92 Å². The standard InChI is InChI=1S/C20H19PS/c1-2-22-20-16-10-9-15-19(20)21(17-11-5-3-6-12-17)18-13-7-4-8-14-18/h3-16H,2H2,1H3. The summed E-state index contributed by atoms with van der Waals surface area (Å²) in [5.74, 6) is 1.10. The SMILES string of the molecule is CCSc1ccccc1P(c1ccccc1)c1ccccc1. The molecule has 0 saturated carbocycles. The zero-order valence-electron chi connectivity index (χ0n) is 12.6. The molecule has 3 rings (SSSR count). The van der Waals surface area contributed by atoms with Gasteiger partial charge in [-0.15, -0.1) is 11.8 Å². The fraction of sp³-hybridized carbons (Fsp3) is 0.100. The van der Waals surface area contributed by atoms with Crippen LogP contribution in [-0.2, 0) is 0 Å². The maximum atomic E-state index is 2.30. The number of hydrogen-bond donors (Lipinski definition) is 0. The lowest BCUT2D eigenvalue weighted by Gasteiger charge is -2.21. The summed E-state index contributed by atoms with van der Waals surface area (Å²) in [6.45, 7) is 2.22. The van der Waals surface area contributed by atoms with Gasteiger partial charge < -0.3 is 0 Å². The van der Waals surface area contributed by atoms with E-state index >= 15 is 0 Å². The Bertz CT molecular complexity index is 671. The Kier molecular flexibility index (Phi) is 5.32. The van der Waals surface area contributed by atoms with Gasteiger partial charge in [-0.25, -0.2) is 0 Å². The second kappa shape index (κ2) is 7.63. The van der Waals surface area contributed by atoms with E-state index in [9.17, 15) is 0 Å². The monoisotopic (exact) mass is 322 g/mol. The molecule has 3 aromatic carbocycles. The first-order valence-electron chi connectivity index (χ1n) is 7.52. The molecule has 0 aliphatic heterocycles. The van der Waals surface area contributed by atoms with Crippen LogP contribution in [-0.4, -0.2) is 5.75 Å². The van der Waals surface area contributed by atoms with E-state index in [1.807, 2.05) is 11.8 Å². The fourth-order valence-electron chi connectivity index (χ4n) is 2.50. The van der Waals surface area contributed by atoms with Gasteiger partial charge in [-0.1, -0.05) is 85.8 Å². The first-order chi connectivity index (χ1) is 10.9. The maximum absolute atomic E-state index is 2.30. The third-order valence-electron chi connectivity index (χ3n) is 3.43. The first-order valence-corrected chi connectivity index (χ1v) is 9.85. The van der Waals surface area contributed by atoms with Crippen molar-refractivity contribution in [1.29, 1.82) is 0 Å². The fourth-order valence-corrected chi connectivity index (χ4v) is 6.00. The van der Waals surface area contributed by atoms with Gasteiger partial charge in [0, 0.05) is 4.90 Å². The molecule has 0 bridgehead atoms. The van der Waals surface area contributed by atoms with E-state index in [0.717, 1.165) is 5.75 Å². The number of rotatable bonds is 5. The van der Waals surface area contributed by atoms with Crippen LogP contribution in [0, 0.1) is 0 Å². The normalized spacial score (nSPS) is 10.8. The van der Waals surface area contributed by atoms with Crippen LogP contribution >= 0.6 is 19.7 Å². The molecule has 0 heterocycles. The van der Waals surface area contributed by atoms with Crippen LogP contribution in [0.15, 0.2) is 89.8 Å². The second-order valence-electron chi connectivity index (χ2n) is 4.91. The Morgan fingerprint density at radius 2 is 1.18 bits per heavy atom. The molecule has 0 unspecified atom stereocenters. The summed E-state index contributed by atoms with van der Waals surface area (Å²) in [5.41, 5.74) is 0. The summed E-state index contributed by atoms with van der Waals surface area (Å²) in [6, 6.07) is 30.6. The molecule has 0 fully saturated rings. The molecule has 2 heteroatoms. The third kappa shape index (κ3) is 3.43. The summed E-state index contributed by atoms with van der Waals surface area (Å²) in [4.78, 5) is 1.41. The predicted octanol–water partition coefficient (Wildman–Crippen LogP) is 4.56. The topological polar surface area (TPSA) is 0 Å². The molecule has 0 spiro atoms. The molecule has 0 radical (unpaired) electrons. The van der Waals surface area contributed by atoms with E-state index in [1.165, 1.54) is 20.8 Å². The Morgan fingerprint density at radius 1 is 0.682 bits per heavy atom. The smallest absolute Gasteiger partial charge is 0.0155 e. The van der Waals surface area contributed by atoms with Crippen LogP contribution in [0.4, 0.5) is 0 Å². The van der Waals surface area contributed by atoms with Crippen LogP contribution < -0.4 is 15.9 Å². The van der Waals surface area contributed by atoms with Gasteiger partial charge in [0.25, 0.3) is 0 Å². The van der Waals surface area contributed by atoms with Gasteiger partial charge in [0.15, 0.2) is 0 Å². The van der Waals surface area contributed by atoms with E-state index in [1.54, 1.807) is 0 Å². The van der Waals surface area contributed by atoms with Crippen molar-refractivity contribution in [3.8, 4) is 0 Å². The van der Waals surface area contributed by atoms with Gasteiger partial charge in [0.05, 0.1) is 0 Å². The lowest BCUT2D eigenvalue weighted by molar-refractivity contribution is 1.47. The number of hydrogen-bond acceptors (Lipinski definition) is 1. The van der Waals surface area contributed by atoms with Crippen molar-refractivity contribution in [2.75, 3.05) is 5.75 Å². The average Bonchev–Trinajstić information content (AvgIpc) is 2.59. The first kappa shape index (κ1) is 15.3. The summed E-state index contributed by atoms with van der Waals surface area (Å²) < 4.78 is 0. The molecule has 0 saturated heterocycles. The van der Waals surface area contributed by atoms with Crippen molar-refractivity contribution in [1.82, 2.24) is 0 Å². The molecule has 0 aliphatic rings. The van der Waals surface area contributed by atoms with E-state index in [-0.39, 0.29) is 0 Å². The van der Waals surface area contributed by atoms with Crippen LogP contribution in [0.3, 0.4) is 0 Å². The summed E-state index contributed by atoms with van der Waals surface area (Å²) >= 11 is 1.94. The zero-order chi connectivity index (χ0) is 15.2. The highest BCUT2D eigenvalue weighted by Crippen LogP contribution is 2.36. The molecular formula is C20H19PS. The van der Waals surface area contributed by atoms with Gasteiger partial charge >= 0.3 is 0 Å². The Morgan fingerprint density at radius 3 is 1.73 bits per heavy atom. The van der Waals surface area contributed by atoms with Crippen molar-refractivity contribution in [2.24, 2.45) is 0 Å². The van der Waals surface area contributed by atoms with Gasteiger partial charge in [-0.05, 0) is 35.7 Å². The molecular weight excluding hydrogens is 303 g/mol. The van der Waals surface area contributed by atoms with E-state index in [2.05, 4.69) is 91.9 Å². The lowest BCUT2D eigenvalue weighted by Crippen LogP contribution is -2.21. The van der Waals surface area contributed by atoms with Crippen LogP contribution in [0.5, 0.6) is 0 Å². The summed E-state index contributed by atoms with van der Waals surface area (Å²) in [7, 11) is -0.499. The molecule has 0 amide bonds. The van der Waals surface area contributed by atoms with Crippen molar-refractivity contribution >= 4 is 35.6 Å². The van der Waals surface area contributed by atoms with Gasteiger partial charge in [0.2, 0.25) is 0 Å². The molecule has 22 heavy (non-hydrogen) atoms. The molecule has 0 N–H and O–H groups in total. The zero-order valence-corrected chi connectivity index (χ0v) is 14.4. The summed E-state index contributed by atoms with van der Waals surface area (Å²) in [6.07, 6.45) is 0. The molecule has 0 nitrogen and oxygen atoms in total. The van der Waals surface area contributed by atoms with Gasteiger partial charge in [0.1, 0.15) is 0 Å².